The van der Waals surface area contributed by atoms with Crippen LogP contribution in [0.3, 0.4) is 0 Å². The summed E-state index contributed by atoms with van der Waals surface area (Å²) in [6, 6.07) is 9.26. The van der Waals surface area contributed by atoms with Gasteiger partial charge in [0.1, 0.15) is 24.0 Å². The Bertz CT molecular complexity index is 763. The van der Waals surface area contributed by atoms with E-state index in [1.165, 1.54) is 6.07 Å². The van der Waals surface area contributed by atoms with Crippen LogP contribution in [-0.2, 0) is 17.8 Å². The van der Waals surface area contributed by atoms with E-state index in [0.29, 0.717) is 19.0 Å². The van der Waals surface area contributed by atoms with Gasteiger partial charge in [0.15, 0.2) is 0 Å². The molecule has 0 aliphatic rings. The molecule has 0 saturated heterocycles. The van der Waals surface area contributed by atoms with E-state index >= 15 is 0 Å². The molecule has 1 aromatic heterocycles. The van der Waals surface area contributed by atoms with Gasteiger partial charge in [-0.05, 0) is 44.9 Å². The highest BCUT2D eigenvalue weighted by Crippen LogP contribution is 2.15. The standard InChI is InChI=1S/C19H24N2O3/c1-13(15(3)22)11-17-5-7-18(8-6-17)24-10-9-21-16(4)20-14(2)12-19(21)23/h5-8,12-13H,9-11H2,1-4H3. The van der Waals surface area contributed by atoms with Crippen LogP contribution in [0, 0.1) is 19.8 Å². The van der Waals surface area contributed by atoms with E-state index in [1.54, 1.807) is 11.5 Å². The van der Waals surface area contributed by atoms with Gasteiger partial charge in [0.2, 0.25) is 0 Å². The van der Waals surface area contributed by atoms with Crippen LogP contribution in [0.4, 0.5) is 0 Å². The number of carbonyl (C=O) groups is 1. The lowest BCUT2D eigenvalue weighted by atomic mass is 9.98. The summed E-state index contributed by atoms with van der Waals surface area (Å²) in [5.41, 5.74) is 1.78. The van der Waals surface area contributed by atoms with Crippen molar-refractivity contribution in [2.75, 3.05) is 6.61 Å². The first-order chi connectivity index (χ1) is 11.4. The first kappa shape index (κ1) is 17.9. The highest BCUT2D eigenvalue weighted by Gasteiger charge is 2.08. The predicted molar refractivity (Wildman–Crippen MR) is 93.5 cm³/mol. The molecule has 0 radical (unpaired) electrons. The smallest absolute Gasteiger partial charge is 0.253 e. The molecule has 2 rings (SSSR count). The molecule has 0 aliphatic heterocycles. The van der Waals surface area contributed by atoms with E-state index in [2.05, 4.69) is 4.98 Å². The maximum atomic E-state index is 11.9. The van der Waals surface area contributed by atoms with Crippen LogP contribution in [0.5, 0.6) is 5.75 Å². The van der Waals surface area contributed by atoms with Gasteiger partial charge in [-0.25, -0.2) is 4.98 Å². The molecule has 0 N–H and O–H groups in total. The van der Waals surface area contributed by atoms with Crippen molar-refractivity contribution >= 4 is 5.78 Å². The second-order valence-electron chi connectivity index (χ2n) is 6.14. The highest BCUT2D eigenvalue weighted by atomic mass is 16.5. The molecule has 0 bridgehead atoms. The molecule has 5 heteroatoms. The number of hydrogen-bond donors (Lipinski definition) is 0. The average molecular weight is 328 g/mol. The normalized spacial score (nSPS) is 12.0. The minimum Gasteiger partial charge on any atom is -0.492 e. The van der Waals surface area contributed by atoms with E-state index in [4.69, 9.17) is 4.74 Å². The Morgan fingerprint density at radius 2 is 1.92 bits per heavy atom. The molecule has 1 aromatic carbocycles. The lowest BCUT2D eigenvalue weighted by Gasteiger charge is -2.12. The second-order valence-corrected chi connectivity index (χ2v) is 6.14. The summed E-state index contributed by atoms with van der Waals surface area (Å²) in [5.74, 6) is 1.67. The van der Waals surface area contributed by atoms with Gasteiger partial charge in [-0.15, -0.1) is 0 Å². The van der Waals surface area contributed by atoms with Gasteiger partial charge in [-0.2, -0.15) is 0 Å². The first-order valence-corrected chi connectivity index (χ1v) is 8.14. The summed E-state index contributed by atoms with van der Waals surface area (Å²) in [6.45, 7) is 8.04. The van der Waals surface area contributed by atoms with Gasteiger partial charge < -0.3 is 4.74 Å². The van der Waals surface area contributed by atoms with Gasteiger partial charge in [0.25, 0.3) is 5.56 Å². The van der Waals surface area contributed by atoms with Crippen molar-refractivity contribution in [3.8, 4) is 5.75 Å². The van der Waals surface area contributed by atoms with Crippen molar-refractivity contribution in [3.05, 3.63) is 57.8 Å². The van der Waals surface area contributed by atoms with Gasteiger partial charge in [-0.1, -0.05) is 19.1 Å². The maximum Gasteiger partial charge on any atom is 0.253 e. The number of hydrogen-bond acceptors (Lipinski definition) is 4. The number of rotatable bonds is 7. The predicted octanol–water partition coefficient (Wildman–Crippen LogP) is 2.71. The molecule has 0 fully saturated rings. The van der Waals surface area contributed by atoms with Crippen LogP contribution in [0.1, 0.15) is 30.9 Å². The Hall–Kier alpha value is -2.43. The maximum absolute atomic E-state index is 11.9. The third kappa shape index (κ3) is 4.78. The molecular formula is C19H24N2O3. The fourth-order valence-corrected chi connectivity index (χ4v) is 2.51. The molecule has 24 heavy (non-hydrogen) atoms. The van der Waals surface area contributed by atoms with E-state index in [0.717, 1.165) is 23.4 Å². The number of ether oxygens (including phenoxy) is 1. The Morgan fingerprint density at radius 3 is 2.50 bits per heavy atom. The minimum absolute atomic E-state index is 0.0284. The molecular weight excluding hydrogens is 304 g/mol. The number of ketones is 1. The molecule has 1 heterocycles. The molecule has 0 amide bonds. The largest absolute Gasteiger partial charge is 0.492 e. The van der Waals surface area contributed by atoms with Crippen LogP contribution in [0.15, 0.2) is 35.1 Å². The Morgan fingerprint density at radius 1 is 1.25 bits per heavy atom. The van der Waals surface area contributed by atoms with Crippen molar-refractivity contribution in [1.29, 1.82) is 0 Å². The summed E-state index contributed by atoms with van der Waals surface area (Å²) in [6.07, 6.45) is 0.735. The van der Waals surface area contributed by atoms with Crippen molar-refractivity contribution in [1.82, 2.24) is 9.55 Å². The number of benzene rings is 1. The summed E-state index contributed by atoms with van der Waals surface area (Å²) >= 11 is 0. The zero-order valence-corrected chi connectivity index (χ0v) is 14.7. The third-order valence-electron chi connectivity index (χ3n) is 4.07. The fourth-order valence-electron chi connectivity index (χ4n) is 2.51. The molecule has 1 atom stereocenters. The summed E-state index contributed by atoms with van der Waals surface area (Å²) in [5, 5.41) is 0. The fraction of sp³-hybridized carbons (Fsp3) is 0.421. The van der Waals surface area contributed by atoms with Crippen LogP contribution >= 0.6 is 0 Å². The Labute approximate surface area is 142 Å². The summed E-state index contributed by atoms with van der Waals surface area (Å²) < 4.78 is 7.31. The van der Waals surface area contributed by atoms with E-state index in [9.17, 15) is 9.59 Å². The van der Waals surface area contributed by atoms with Gasteiger partial charge in [0.05, 0.1) is 6.54 Å². The van der Waals surface area contributed by atoms with Gasteiger partial charge in [0, 0.05) is 17.7 Å². The zero-order chi connectivity index (χ0) is 17.7. The van der Waals surface area contributed by atoms with Crippen molar-refractivity contribution in [2.24, 2.45) is 5.92 Å². The van der Waals surface area contributed by atoms with Crippen molar-refractivity contribution in [3.63, 3.8) is 0 Å². The number of carbonyl (C=O) groups excluding carboxylic acids is 1. The van der Waals surface area contributed by atoms with E-state index in [-0.39, 0.29) is 17.3 Å². The van der Waals surface area contributed by atoms with Crippen molar-refractivity contribution < 1.29 is 9.53 Å². The average Bonchev–Trinajstić information content (AvgIpc) is 2.51. The van der Waals surface area contributed by atoms with E-state index in [1.807, 2.05) is 45.0 Å². The minimum atomic E-state index is -0.0582. The quantitative estimate of drug-likeness (QED) is 0.784. The van der Waals surface area contributed by atoms with Crippen LogP contribution in [0.25, 0.3) is 0 Å². The Kier molecular flexibility index (Phi) is 5.90. The monoisotopic (exact) mass is 328 g/mol. The molecule has 0 saturated carbocycles. The molecule has 128 valence electrons. The van der Waals surface area contributed by atoms with Crippen LogP contribution in [-0.4, -0.2) is 21.9 Å². The number of aryl methyl sites for hydroxylation is 2. The molecule has 2 aromatic rings. The van der Waals surface area contributed by atoms with Crippen LogP contribution in [0.2, 0.25) is 0 Å². The zero-order valence-electron chi connectivity index (χ0n) is 14.7. The molecule has 0 spiro atoms. The van der Waals surface area contributed by atoms with Crippen molar-refractivity contribution in [2.45, 2.75) is 40.7 Å². The third-order valence-corrected chi connectivity index (χ3v) is 4.07. The lowest BCUT2D eigenvalue weighted by Crippen LogP contribution is -2.26. The SMILES string of the molecule is CC(=O)C(C)Cc1ccc(OCCn2c(C)nc(C)cc2=O)cc1. The molecule has 0 aliphatic carbocycles. The van der Waals surface area contributed by atoms with Gasteiger partial charge >= 0.3 is 0 Å². The summed E-state index contributed by atoms with van der Waals surface area (Å²) in [4.78, 5) is 27.5. The van der Waals surface area contributed by atoms with E-state index < -0.39 is 0 Å². The second kappa shape index (κ2) is 7.90. The summed E-state index contributed by atoms with van der Waals surface area (Å²) in [7, 11) is 0. The highest BCUT2D eigenvalue weighted by molar-refractivity contribution is 5.78. The topological polar surface area (TPSA) is 61.2 Å². The first-order valence-electron chi connectivity index (χ1n) is 8.14. The number of nitrogens with zero attached hydrogens (tertiary/aromatic N) is 2. The molecule has 1 unspecified atom stereocenters. The lowest BCUT2D eigenvalue weighted by molar-refractivity contribution is -0.120. The van der Waals surface area contributed by atoms with Gasteiger partial charge in [-0.3, -0.25) is 14.2 Å². The van der Waals surface area contributed by atoms with Crippen LogP contribution < -0.4 is 10.3 Å². The Balaban J connectivity index is 1.91. The molecule has 5 nitrogen and oxygen atoms in total. The number of aromatic nitrogens is 2. The number of Topliss-reactive ketones (excluding diaryl/α,β-unsaturated/α-hetero) is 1.